The summed E-state index contributed by atoms with van der Waals surface area (Å²) in [5.41, 5.74) is 2.53. The van der Waals surface area contributed by atoms with Crippen LogP contribution in [0.4, 0.5) is 5.69 Å². The Balaban J connectivity index is 0.00000300. The molecule has 3 rings (SSSR count). The lowest BCUT2D eigenvalue weighted by atomic mass is 10.0. The van der Waals surface area contributed by atoms with Crippen LogP contribution in [0.15, 0.2) is 41.4 Å². The van der Waals surface area contributed by atoms with Crippen molar-refractivity contribution < 1.29 is 9.47 Å². The van der Waals surface area contributed by atoms with Crippen molar-refractivity contribution in [2.45, 2.75) is 25.8 Å². The van der Waals surface area contributed by atoms with Gasteiger partial charge in [-0.1, -0.05) is 24.3 Å². The zero-order valence-electron chi connectivity index (χ0n) is 17.4. The average Bonchev–Trinajstić information content (AvgIpc) is 3.29. The van der Waals surface area contributed by atoms with Crippen molar-refractivity contribution in [3.8, 4) is 0 Å². The van der Waals surface area contributed by atoms with Gasteiger partial charge in [0, 0.05) is 65.3 Å². The van der Waals surface area contributed by atoms with Gasteiger partial charge < -0.3 is 25.0 Å². The first-order valence-electron chi connectivity index (χ1n) is 10.4. The van der Waals surface area contributed by atoms with Crippen molar-refractivity contribution in [1.82, 2.24) is 10.6 Å². The van der Waals surface area contributed by atoms with Crippen molar-refractivity contribution >= 4 is 35.6 Å². The molecule has 7 heteroatoms. The van der Waals surface area contributed by atoms with Gasteiger partial charge in [0.1, 0.15) is 0 Å². The summed E-state index contributed by atoms with van der Waals surface area (Å²) in [5.74, 6) is 1.50. The fraction of sp³-hybridized carbons (Fsp3) is 0.591. The number of rotatable bonds is 9. The predicted octanol–water partition coefficient (Wildman–Crippen LogP) is 3.18. The quantitative estimate of drug-likeness (QED) is 0.174. The molecule has 0 aromatic heterocycles. The summed E-state index contributed by atoms with van der Waals surface area (Å²) in [4.78, 5) is 6.67. The number of nitrogens with zero attached hydrogens (tertiary/aromatic N) is 2. The molecule has 0 unspecified atom stereocenters. The number of anilines is 1. The van der Waals surface area contributed by atoms with E-state index >= 15 is 0 Å². The molecular weight excluding hydrogens is 479 g/mol. The summed E-state index contributed by atoms with van der Waals surface area (Å²) in [6.45, 7) is 7.02. The van der Waals surface area contributed by atoms with E-state index in [1.165, 1.54) is 11.3 Å². The number of ether oxygens (including phenoxy) is 2. The molecule has 2 N–H and O–H groups in total. The Bertz CT molecular complexity index is 639. The van der Waals surface area contributed by atoms with Crippen molar-refractivity contribution in [2.75, 3.05) is 58.0 Å². The second-order valence-electron chi connectivity index (χ2n) is 7.38. The van der Waals surface area contributed by atoms with E-state index < -0.39 is 0 Å². The Morgan fingerprint density at radius 2 is 2.00 bits per heavy atom. The van der Waals surface area contributed by atoms with E-state index in [-0.39, 0.29) is 24.0 Å². The van der Waals surface area contributed by atoms with Gasteiger partial charge in [0.15, 0.2) is 5.96 Å². The number of hydrogen-bond acceptors (Lipinski definition) is 4. The van der Waals surface area contributed by atoms with Crippen molar-refractivity contribution in [1.29, 1.82) is 0 Å². The lowest BCUT2D eigenvalue weighted by Crippen LogP contribution is -2.37. The zero-order chi connectivity index (χ0) is 19.4. The Morgan fingerprint density at radius 1 is 1.21 bits per heavy atom. The summed E-state index contributed by atoms with van der Waals surface area (Å²) < 4.78 is 11.2. The number of halogens is 1. The zero-order valence-corrected chi connectivity index (χ0v) is 19.8. The standard InChI is InChI=1S/C22H34N4O2.HI/c1-23-22(24-10-5-13-28-18-19-8-14-27-15-9-19)25-17-20-6-4-7-21(16-20)26-11-2-3-12-26;/h2-4,6-7,16,19H,5,8-15,17-18H2,1H3,(H2,23,24,25);1H. The first-order chi connectivity index (χ1) is 13.8. The predicted molar refractivity (Wildman–Crippen MR) is 130 cm³/mol. The maximum atomic E-state index is 5.81. The Kier molecular flexibility index (Phi) is 11.4. The number of guanidine groups is 1. The van der Waals surface area contributed by atoms with Crippen LogP contribution in [0.3, 0.4) is 0 Å². The van der Waals surface area contributed by atoms with Crippen LogP contribution in [0, 0.1) is 5.92 Å². The van der Waals surface area contributed by atoms with Gasteiger partial charge in [-0.2, -0.15) is 0 Å². The smallest absolute Gasteiger partial charge is 0.191 e. The minimum absolute atomic E-state index is 0. The molecule has 0 aliphatic carbocycles. The van der Waals surface area contributed by atoms with Gasteiger partial charge in [0.25, 0.3) is 0 Å². The highest BCUT2D eigenvalue weighted by atomic mass is 127. The second kappa shape index (κ2) is 13.8. The highest BCUT2D eigenvalue weighted by molar-refractivity contribution is 14.0. The average molecular weight is 514 g/mol. The molecule has 29 heavy (non-hydrogen) atoms. The van der Waals surface area contributed by atoms with E-state index in [2.05, 4.69) is 56.9 Å². The molecule has 1 saturated heterocycles. The molecular formula is C22H35IN4O2. The van der Waals surface area contributed by atoms with E-state index in [9.17, 15) is 0 Å². The van der Waals surface area contributed by atoms with Crippen LogP contribution in [-0.4, -0.2) is 59.1 Å². The number of benzene rings is 1. The monoisotopic (exact) mass is 514 g/mol. The fourth-order valence-electron chi connectivity index (χ4n) is 3.50. The van der Waals surface area contributed by atoms with Gasteiger partial charge in [-0.15, -0.1) is 24.0 Å². The molecule has 162 valence electrons. The van der Waals surface area contributed by atoms with Crippen LogP contribution in [0.1, 0.15) is 24.8 Å². The SMILES string of the molecule is CN=C(NCCCOCC1CCOCC1)NCc1cccc(N2CC=CC2)c1.I. The number of aliphatic imine (C=N–C) groups is 1. The van der Waals surface area contributed by atoms with E-state index in [0.717, 1.165) is 77.8 Å². The van der Waals surface area contributed by atoms with Crippen LogP contribution in [0.5, 0.6) is 0 Å². The Hall–Kier alpha value is -1.32. The highest BCUT2D eigenvalue weighted by Gasteiger charge is 2.13. The molecule has 0 radical (unpaired) electrons. The van der Waals surface area contributed by atoms with Gasteiger partial charge in [-0.25, -0.2) is 0 Å². The molecule has 2 aliphatic heterocycles. The third kappa shape index (κ3) is 8.52. The maximum absolute atomic E-state index is 5.81. The lowest BCUT2D eigenvalue weighted by Gasteiger charge is -2.21. The molecule has 0 saturated carbocycles. The molecule has 0 bridgehead atoms. The number of hydrogen-bond donors (Lipinski definition) is 2. The largest absolute Gasteiger partial charge is 0.381 e. The minimum atomic E-state index is 0. The van der Waals surface area contributed by atoms with E-state index in [1.807, 2.05) is 7.05 Å². The summed E-state index contributed by atoms with van der Waals surface area (Å²) >= 11 is 0. The van der Waals surface area contributed by atoms with Gasteiger partial charge in [0.05, 0.1) is 0 Å². The second-order valence-corrected chi connectivity index (χ2v) is 7.38. The van der Waals surface area contributed by atoms with Crippen LogP contribution < -0.4 is 15.5 Å². The third-order valence-electron chi connectivity index (χ3n) is 5.23. The van der Waals surface area contributed by atoms with Crippen molar-refractivity contribution in [3.05, 3.63) is 42.0 Å². The van der Waals surface area contributed by atoms with Gasteiger partial charge in [-0.05, 0) is 42.9 Å². The first kappa shape index (κ1) is 24.0. The van der Waals surface area contributed by atoms with Crippen LogP contribution in [0.25, 0.3) is 0 Å². The Morgan fingerprint density at radius 3 is 2.76 bits per heavy atom. The van der Waals surface area contributed by atoms with Gasteiger partial charge in [-0.3, -0.25) is 4.99 Å². The topological polar surface area (TPSA) is 58.1 Å². The van der Waals surface area contributed by atoms with Crippen LogP contribution >= 0.6 is 24.0 Å². The summed E-state index contributed by atoms with van der Waals surface area (Å²) in [6, 6.07) is 8.69. The molecule has 1 aromatic rings. The molecule has 2 heterocycles. The fourth-order valence-corrected chi connectivity index (χ4v) is 3.50. The van der Waals surface area contributed by atoms with Crippen LogP contribution in [-0.2, 0) is 16.0 Å². The molecule has 2 aliphatic rings. The maximum Gasteiger partial charge on any atom is 0.191 e. The molecule has 0 spiro atoms. The van der Waals surface area contributed by atoms with E-state index in [1.54, 1.807) is 0 Å². The van der Waals surface area contributed by atoms with Gasteiger partial charge in [0.2, 0.25) is 0 Å². The number of nitrogens with one attached hydrogen (secondary N) is 2. The summed E-state index contributed by atoms with van der Waals surface area (Å²) in [6.07, 6.45) is 7.66. The molecule has 0 atom stereocenters. The summed E-state index contributed by atoms with van der Waals surface area (Å²) in [5, 5.41) is 6.76. The molecule has 1 aromatic carbocycles. The third-order valence-corrected chi connectivity index (χ3v) is 5.23. The normalized spacial score (nSPS) is 17.3. The van der Waals surface area contributed by atoms with Crippen molar-refractivity contribution in [2.24, 2.45) is 10.9 Å². The lowest BCUT2D eigenvalue weighted by molar-refractivity contribution is 0.0203. The minimum Gasteiger partial charge on any atom is -0.381 e. The van der Waals surface area contributed by atoms with E-state index in [0.29, 0.717) is 5.92 Å². The van der Waals surface area contributed by atoms with E-state index in [4.69, 9.17) is 9.47 Å². The van der Waals surface area contributed by atoms with Gasteiger partial charge >= 0.3 is 0 Å². The summed E-state index contributed by atoms with van der Waals surface area (Å²) in [7, 11) is 1.81. The Labute approximate surface area is 192 Å². The van der Waals surface area contributed by atoms with Crippen LogP contribution in [0.2, 0.25) is 0 Å². The molecule has 6 nitrogen and oxygen atoms in total. The highest BCUT2D eigenvalue weighted by Crippen LogP contribution is 2.18. The van der Waals surface area contributed by atoms with Crippen molar-refractivity contribution in [3.63, 3.8) is 0 Å². The molecule has 1 fully saturated rings. The first-order valence-corrected chi connectivity index (χ1v) is 10.4. The molecule has 0 amide bonds.